The van der Waals surface area contributed by atoms with Crippen LogP contribution in [0.4, 0.5) is 18.3 Å². The summed E-state index contributed by atoms with van der Waals surface area (Å²) in [5, 5.41) is 8.01. The van der Waals surface area contributed by atoms with Crippen LogP contribution in [0.15, 0.2) is 0 Å². The Labute approximate surface area is 69.3 Å². The van der Waals surface area contributed by atoms with Gasteiger partial charge in [0, 0.05) is 0 Å². The Morgan fingerprint density at radius 1 is 1.50 bits per heavy atom. The van der Waals surface area contributed by atoms with Gasteiger partial charge >= 0.3 is 6.18 Å². The number of nitrogens with two attached hydrogens (primary N) is 1. The van der Waals surface area contributed by atoms with E-state index in [1.165, 1.54) is 6.07 Å². The number of hydrogen-bond donors (Lipinski definition) is 1. The molecule has 3 nitrogen and oxygen atoms in total. The van der Waals surface area contributed by atoms with Gasteiger partial charge in [0.2, 0.25) is 0 Å². The Balaban J connectivity index is 3.25. The van der Waals surface area contributed by atoms with Crippen LogP contribution >= 0.6 is 11.3 Å². The second-order valence-corrected chi connectivity index (χ2v) is 2.87. The van der Waals surface area contributed by atoms with Gasteiger partial charge in [-0.05, 0) is 0 Å². The Kier molecular flexibility index (Phi) is 1.94. The fraction of sp³-hybridized carbons (Fsp3) is 0.200. The van der Waals surface area contributed by atoms with Crippen molar-refractivity contribution in [1.82, 2.24) is 4.98 Å². The molecule has 12 heavy (non-hydrogen) atoms. The van der Waals surface area contributed by atoms with Gasteiger partial charge < -0.3 is 5.73 Å². The van der Waals surface area contributed by atoms with Crippen molar-refractivity contribution in [2.45, 2.75) is 6.18 Å². The number of anilines is 1. The molecule has 1 aromatic heterocycles. The van der Waals surface area contributed by atoms with Gasteiger partial charge in [0.1, 0.15) is 10.9 Å². The van der Waals surface area contributed by atoms with Crippen LogP contribution in [0.2, 0.25) is 0 Å². The molecule has 0 atom stereocenters. The first-order chi connectivity index (χ1) is 5.45. The average molecular weight is 193 g/mol. The lowest BCUT2D eigenvalue weighted by atomic mass is 10.4. The van der Waals surface area contributed by atoms with Crippen molar-refractivity contribution in [2.75, 3.05) is 5.73 Å². The molecule has 0 radical (unpaired) electrons. The summed E-state index contributed by atoms with van der Waals surface area (Å²) in [6.45, 7) is 0. The largest absolute Gasteiger partial charge is 0.435 e. The molecule has 2 N–H and O–H groups in total. The van der Waals surface area contributed by atoms with Crippen LogP contribution in [-0.2, 0) is 6.18 Å². The number of thiazole rings is 1. The summed E-state index contributed by atoms with van der Waals surface area (Å²) in [5.74, 6) is 0. The quantitative estimate of drug-likeness (QED) is 0.680. The van der Waals surface area contributed by atoms with Crippen LogP contribution in [0.3, 0.4) is 0 Å². The number of nitrogen functional groups attached to an aromatic ring is 1. The molecule has 0 aromatic carbocycles. The summed E-state index contributed by atoms with van der Waals surface area (Å²) in [5.41, 5.74) is 3.81. The Morgan fingerprint density at radius 2 is 2.08 bits per heavy atom. The normalized spacial score (nSPS) is 11.2. The molecule has 0 bridgehead atoms. The summed E-state index contributed by atoms with van der Waals surface area (Å²) < 4.78 is 36.0. The van der Waals surface area contributed by atoms with Gasteiger partial charge in [0.15, 0.2) is 10.8 Å². The highest BCUT2D eigenvalue weighted by Gasteiger charge is 2.37. The zero-order valence-corrected chi connectivity index (χ0v) is 6.33. The third-order valence-electron chi connectivity index (χ3n) is 1.01. The second-order valence-electron chi connectivity index (χ2n) is 1.84. The van der Waals surface area contributed by atoms with E-state index in [0.29, 0.717) is 11.3 Å². The molecule has 1 rings (SSSR count). The van der Waals surface area contributed by atoms with Gasteiger partial charge in [-0.1, -0.05) is 11.3 Å². The smallest absolute Gasteiger partial charge is 0.375 e. The Morgan fingerprint density at radius 3 is 2.42 bits per heavy atom. The zero-order valence-electron chi connectivity index (χ0n) is 5.51. The molecular formula is C5H2F3N3S. The number of hydrogen-bond acceptors (Lipinski definition) is 4. The van der Waals surface area contributed by atoms with Crippen molar-refractivity contribution >= 4 is 16.5 Å². The summed E-state index contributed by atoms with van der Waals surface area (Å²) in [6.07, 6.45) is -4.60. The Bertz CT molecular complexity index is 335. The first-order valence-corrected chi connectivity index (χ1v) is 3.50. The minimum absolute atomic E-state index is 0.251. The number of nitrogens with zero attached hydrogens (tertiary/aromatic N) is 2. The predicted molar refractivity (Wildman–Crippen MR) is 36.2 cm³/mol. The molecule has 64 valence electrons. The van der Waals surface area contributed by atoms with E-state index in [4.69, 9.17) is 11.0 Å². The van der Waals surface area contributed by atoms with Crippen LogP contribution in [0, 0.1) is 11.3 Å². The summed E-state index contributed by atoms with van der Waals surface area (Å²) >= 11 is 0.527. The molecule has 1 aromatic rings. The van der Waals surface area contributed by atoms with Gasteiger partial charge in [-0.15, -0.1) is 0 Å². The van der Waals surface area contributed by atoms with Crippen molar-refractivity contribution in [3.05, 3.63) is 10.6 Å². The van der Waals surface area contributed by atoms with Gasteiger partial charge in [0.05, 0.1) is 0 Å². The zero-order chi connectivity index (χ0) is 9.35. The molecule has 0 aliphatic carbocycles. The SMILES string of the molecule is N#Cc1sc(N)nc1C(F)(F)F. The summed E-state index contributed by atoms with van der Waals surface area (Å²) in [4.78, 5) is 2.50. The maximum atomic E-state index is 12.0. The fourth-order valence-corrected chi connectivity index (χ4v) is 1.25. The molecule has 0 amide bonds. The van der Waals surface area contributed by atoms with E-state index in [9.17, 15) is 13.2 Å². The number of rotatable bonds is 0. The number of nitriles is 1. The van der Waals surface area contributed by atoms with Crippen molar-refractivity contribution < 1.29 is 13.2 Å². The first kappa shape index (κ1) is 8.80. The molecule has 0 unspecified atom stereocenters. The Hall–Kier alpha value is -1.29. The molecule has 7 heteroatoms. The topological polar surface area (TPSA) is 62.7 Å². The standard InChI is InChI=1S/C5H2F3N3S/c6-5(7,8)3-2(1-9)12-4(10)11-3/h(H2,10,11). The van der Waals surface area contributed by atoms with E-state index in [0.717, 1.165) is 0 Å². The first-order valence-electron chi connectivity index (χ1n) is 2.68. The summed E-state index contributed by atoms with van der Waals surface area (Å²) in [6, 6.07) is 1.38. The molecule has 0 spiro atoms. The second kappa shape index (κ2) is 2.64. The molecular weight excluding hydrogens is 191 g/mol. The highest BCUT2D eigenvalue weighted by molar-refractivity contribution is 7.16. The third-order valence-corrected chi connectivity index (χ3v) is 1.80. The van der Waals surface area contributed by atoms with Crippen LogP contribution in [0.1, 0.15) is 10.6 Å². The maximum Gasteiger partial charge on any atom is 0.435 e. The van der Waals surface area contributed by atoms with Crippen LogP contribution in [0.25, 0.3) is 0 Å². The summed E-state index contributed by atoms with van der Waals surface area (Å²) in [7, 11) is 0. The molecule has 0 fully saturated rings. The highest BCUT2D eigenvalue weighted by atomic mass is 32.1. The maximum absolute atomic E-state index is 12.0. The molecule has 0 saturated carbocycles. The number of alkyl halides is 3. The fourth-order valence-electron chi connectivity index (χ4n) is 0.605. The van der Waals surface area contributed by atoms with Gasteiger partial charge in [-0.25, -0.2) is 4.98 Å². The molecule has 0 aliphatic rings. The average Bonchev–Trinajstić information content (AvgIpc) is 2.29. The lowest BCUT2D eigenvalue weighted by Gasteiger charge is -2.00. The lowest BCUT2D eigenvalue weighted by molar-refractivity contribution is -0.140. The van der Waals surface area contributed by atoms with Crippen molar-refractivity contribution in [2.24, 2.45) is 0 Å². The van der Waals surface area contributed by atoms with Crippen LogP contribution in [-0.4, -0.2) is 4.98 Å². The van der Waals surface area contributed by atoms with Gasteiger partial charge in [-0.2, -0.15) is 18.4 Å². The lowest BCUT2D eigenvalue weighted by Crippen LogP contribution is -2.07. The predicted octanol–water partition coefficient (Wildman–Crippen LogP) is 1.62. The third kappa shape index (κ3) is 1.48. The van der Waals surface area contributed by atoms with E-state index in [1.807, 2.05) is 0 Å². The van der Waals surface area contributed by atoms with Crippen LogP contribution in [0.5, 0.6) is 0 Å². The van der Waals surface area contributed by atoms with Crippen molar-refractivity contribution in [3.63, 3.8) is 0 Å². The van der Waals surface area contributed by atoms with E-state index >= 15 is 0 Å². The van der Waals surface area contributed by atoms with Crippen molar-refractivity contribution in [3.8, 4) is 6.07 Å². The van der Waals surface area contributed by atoms with Crippen LogP contribution < -0.4 is 5.73 Å². The van der Waals surface area contributed by atoms with E-state index in [1.54, 1.807) is 0 Å². The number of halogens is 3. The molecule has 1 heterocycles. The van der Waals surface area contributed by atoms with Gasteiger partial charge in [-0.3, -0.25) is 0 Å². The number of aromatic nitrogens is 1. The van der Waals surface area contributed by atoms with E-state index < -0.39 is 16.7 Å². The highest BCUT2D eigenvalue weighted by Crippen LogP contribution is 2.34. The minimum Gasteiger partial charge on any atom is -0.375 e. The molecule has 0 saturated heterocycles. The van der Waals surface area contributed by atoms with Crippen molar-refractivity contribution in [1.29, 1.82) is 5.26 Å². The minimum atomic E-state index is -4.60. The monoisotopic (exact) mass is 193 g/mol. The van der Waals surface area contributed by atoms with E-state index in [2.05, 4.69) is 4.98 Å². The van der Waals surface area contributed by atoms with E-state index in [-0.39, 0.29) is 5.13 Å². The molecule has 0 aliphatic heterocycles. The van der Waals surface area contributed by atoms with Gasteiger partial charge in [0.25, 0.3) is 0 Å².